The lowest BCUT2D eigenvalue weighted by Gasteiger charge is -2.29. The molecule has 7 heteroatoms. The molecule has 15 heavy (non-hydrogen) atoms. The normalized spacial score (nSPS) is 20.0. The summed E-state index contributed by atoms with van der Waals surface area (Å²) in [5, 5.41) is 46.2. The van der Waals surface area contributed by atoms with Crippen molar-refractivity contribution in [1.82, 2.24) is 0 Å². The van der Waals surface area contributed by atoms with E-state index in [1.54, 1.807) is 12.5 Å². The van der Waals surface area contributed by atoms with Crippen molar-refractivity contribution in [3.05, 3.63) is 0 Å². The molecule has 0 spiro atoms. The lowest BCUT2D eigenvalue weighted by atomic mass is 10.0. The third-order valence-corrected chi connectivity index (χ3v) is 4.67. The molecule has 0 aliphatic carbocycles. The Morgan fingerprint density at radius 3 is 1.67 bits per heavy atom. The summed E-state index contributed by atoms with van der Waals surface area (Å²) >= 11 is 2.68. The van der Waals surface area contributed by atoms with Crippen LogP contribution in [0, 0.1) is 0 Å². The minimum Gasteiger partial charge on any atom is -0.394 e. The van der Waals surface area contributed by atoms with Crippen LogP contribution < -0.4 is 0 Å². The molecule has 0 aromatic carbocycles. The standard InChI is InChI=1S/C8H18O5S2/c1-14-8(15-2)7(13)6(12)5(11)4(10)3-9/h4-13H,3H2,1-2H3/t4-,5-,6+,7-/m1/s1. The number of aliphatic hydroxyl groups is 5. The minimum atomic E-state index is -1.55. The van der Waals surface area contributed by atoms with Crippen LogP contribution >= 0.6 is 23.5 Å². The molecule has 0 aromatic rings. The van der Waals surface area contributed by atoms with Gasteiger partial charge in [0.05, 0.1) is 11.2 Å². The van der Waals surface area contributed by atoms with E-state index in [-0.39, 0.29) is 4.58 Å². The van der Waals surface area contributed by atoms with Crippen molar-refractivity contribution in [3.63, 3.8) is 0 Å². The summed E-state index contributed by atoms with van der Waals surface area (Å²) in [6, 6.07) is 0. The quantitative estimate of drug-likeness (QED) is 0.353. The lowest BCUT2D eigenvalue weighted by Crippen LogP contribution is -2.48. The summed E-state index contributed by atoms with van der Waals surface area (Å²) in [7, 11) is 0. The van der Waals surface area contributed by atoms with Gasteiger partial charge in [-0.3, -0.25) is 0 Å². The van der Waals surface area contributed by atoms with E-state index >= 15 is 0 Å². The third kappa shape index (κ3) is 4.48. The molecule has 0 aliphatic heterocycles. The average Bonchev–Trinajstić information content (AvgIpc) is 2.27. The summed E-state index contributed by atoms with van der Waals surface area (Å²) in [4.78, 5) is 0. The van der Waals surface area contributed by atoms with Crippen molar-refractivity contribution in [2.75, 3.05) is 19.1 Å². The molecule has 0 fully saturated rings. The first-order chi connectivity index (χ1) is 6.99. The molecule has 0 bridgehead atoms. The smallest absolute Gasteiger partial charge is 0.111 e. The minimum absolute atomic E-state index is 0.291. The molecule has 0 heterocycles. The van der Waals surface area contributed by atoms with E-state index in [0.29, 0.717) is 0 Å². The highest BCUT2D eigenvalue weighted by Crippen LogP contribution is 2.25. The highest BCUT2D eigenvalue weighted by molar-refractivity contribution is 8.16. The Morgan fingerprint density at radius 2 is 1.33 bits per heavy atom. The van der Waals surface area contributed by atoms with Crippen LogP contribution in [0.3, 0.4) is 0 Å². The number of rotatable bonds is 7. The summed E-state index contributed by atoms with van der Waals surface area (Å²) < 4.78 is -0.291. The van der Waals surface area contributed by atoms with E-state index in [2.05, 4.69) is 0 Å². The topological polar surface area (TPSA) is 101 Å². The Balaban J connectivity index is 4.34. The fraction of sp³-hybridized carbons (Fsp3) is 1.00. The van der Waals surface area contributed by atoms with E-state index in [9.17, 15) is 15.3 Å². The van der Waals surface area contributed by atoms with Crippen LogP contribution in [0.5, 0.6) is 0 Å². The van der Waals surface area contributed by atoms with Crippen LogP contribution in [0.25, 0.3) is 0 Å². The Hall–Kier alpha value is 0.500. The highest BCUT2D eigenvalue weighted by Gasteiger charge is 2.34. The summed E-state index contributed by atoms with van der Waals surface area (Å²) in [5.41, 5.74) is 0. The van der Waals surface area contributed by atoms with E-state index in [4.69, 9.17) is 10.2 Å². The molecule has 5 nitrogen and oxygen atoms in total. The second kappa shape index (κ2) is 7.72. The number of hydrogen-bond acceptors (Lipinski definition) is 7. The van der Waals surface area contributed by atoms with Gasteiger partial charge >= 0.3 is 0 Å². The van der Waals surface area contributed by atoms with Crippen molar-refractivity contribution in [3.8, 4) is 0 Å². The van der Waals surface area contributed by atoms with Crippen molar-refractivity contribution in [1.29, 1.82) is 0 Å². The van der Waals surface area contributed by atoms with Crippen LogP contribution in [0.4, 0.5) is 0 Å². The SMILES string of the molecule is CSC(SC)[C@H](O)[C@@H](O)[C@H](O)[C@H](O)CO. The van der Waals surface area contributed by atoms with Crippen LogP contribution in [0.2, 0.25) is 0 Å². The van der Waals surface area contributed by atoms with Gasteiger partial charge in [0, 0.05) is 0 Å². The number of hydrogen-bond donors (Lipinski definition) is 5. The molecule has 92 valence electrons. The zero-order valence-electron chi connectivity index (χ0n) is 8.65. The van der Waals surface area contributed by atoms with Gasteiger partial charge in [0.2, 0.25) is 0 Å². The van der Waals surface area contributed by atoms with Gasteiger partial charge in [0.15, 0.2) is 0 Å². The predicted octanol–water partition coefficient (Wildman–Crippen LogP) is -1.53. The van der Waals surface area contributed by atoms with Crippen LogP contribution in [0.1, 0.15) is 0 Å². The molecular formula is C8H18O5S2. The molecular weight excluding hydrogens is 240 g/mol. The molecule has 0 saturated heterocycles. The molecule has 0 unspecified atom stereocenters. The highest BCUT2D eigenvalue weighted by atomic mass is 32.2. The molecule has 0 radical (unpaired) electrons. The Labute approximate surface area is 97.5 Å². The molecule has 0 rings (SSSR count). The lowest BCUT2D eigenvalue weighted by molar-refractivity contribution is -0.111. The van der Waals surface area contributed by atoms with Crippen LogP contribution in [0.15, 0.2) is 0 Å². The first kappa shape index (κ1) is 15.5. The van der Waals surface area contributed by atoms with E-state index in [1.807, 2.05) is 0 Å². The van der Waals surface area contributed by atoms with Gasteiger partial charge in [-0.25, -0.2) is 0 Å². The first-order valence-electron chi connectivity index (χ1n) is 4.38. The maximum absolute atomic E-state index is 9.65. The second-order valence-electron chi connectivity index (χ2n) is 3.06. The molecule has 0 aromatic heterocycles. The second-order valence-corrected chi connectivity index (χ2v) is 5.32. The zero-order chi connectivity index (χ0) is 12.0. The molecule has 4 atom stereocenters. The summed E-state index contributed by atoms with van der Waals surface area (Å²) in [6.45, 7) is -0.659. The van der Waals surface area contributed by atoms with Crippen LogP contribution in [-0.4, -0.2) is 73.6 Å². The van der Waals surface area contributed by atoms with Crippen molar-refractivity contribution >= 4 is 23.5 Å². The van der Waals surface area contributed by atoms with Crippen molar-refractivity contribution in [2.24, 2.45) is 0 Å². The zero-order valence-corrected chi connectivity index (χ0v) is 10.3. The van der Waals surface area contributed by atoms with E-state index < -0.39 is 31.0 Å². The Bertz CT molecular complexity index is 167. The van der Waals surface area contributed by atoms with E-state index in [0.717, 1.165) is 0 Å². The first-order valence-corrected chi connectivity index (χ1v) is 6.95. The largest absolute Gasteiger partial charge is 0.394 e. The predicted molar refractivity (Wildman–Crippen MR) is 61.9 cm³/mol. The Morgan fingerprint density at radius 1 is 0.867 bits per heavy atom. The maximum atomic E-state index is 9.65. The fourth-order valence-electron chi connectivity index (χ4n) is 1.07. The number of thioether (sulfide) groups is 2. The van der Waals surface area contributed by atoms with Crippen molar-refractivity contribution in [2.45, 2.75) is 29.0 Å². The average molecular weight is 258 g/mol. The van der Waals surface area contributed by atoms with Gasteiger partial charge in [-0.2, -0.15) is 0 Å². The van der Waals surface area contributed by atoms with Crippen LogP contribution in [-0.2, 0) is 0 Å². The van der Waals surface area contributed by atoms with Gasteiger partial charge in [-0.1, -0.05) is 0 Å². The Kier molecular flexibility index (Phi) is 7.98. The molecule has 0 amide bonds. The molecule has 5 N–H and O–H groups in total. The maximum Gasteiger partial charge on any atom is 0.111 e. The van der Waals surface area contributed by atoms with Gasteiger partial charge in [0.25, 0.3) is 0 Å². The van der Waals surface area contributed by atoms with Gasteiger partial charge < -0.3 is 25.5 Å². The molecule has 0 saturated carbocycles. The van der Waals surface area contributed by atoms with Gasteiger partial charge in [0.1, 0.15) is 24.4 Å². The molecule has 0 aliphatic rings. The van der Waals surface area contributed by atoms with Gasteiger partial charge in [-0.05, 0) is 12.5 Å². The monoisotopic (exact) mass is 258 g/mol. The fourth-order valence-corrected chi connectivity index (χ4v) is 2.72. The third-order valence-electron chi connectivity index (χ3n) is 2.02. The number of aliphatic hydroxyl groups excluding tert-OH is 5. The summed E-state index contributed by atoms with van der Waals surface area (Å²) in [6.07, 6.45) is -2.09. The van der Waals surface area contributed by atoms with Crippen molar-refractivity contribution < 1.29 is 25.5 Å². The van der Waals surface area contributed by atoms with E-state index in [1.165, 1.54) is 23.5 Å². The summed E-state index contributed by atoms with van der Waals surface area (Å²) in [5.74, 6) is 0. The van der Waals surface area contributed by atoms with Gasteiger partial charge in [-0.15, -0.1) is 23.5 Å².